The van der Waals surface area contributed by atoms with E-state index in [1.165, 1.54) is 4.31 Å². The molecule has 1 aliphatic rings. The summed E-state index contributed by atoms with van der Waals surface area (Å²) in [7, 11) is -3.54. The van der Waals surface area contributed by atoms with Crippen LogP contribution in [0.25, 0.3) is 0 Å². The topological polar surface area (TPSA) is 74.7 Å². The molecule has 1 heterocycles. The highest BCUT2D eigenvalue weighted by Gasteiger charge is 2.40. The van der Waals surface area contributed by atoms with E-state index < -0.39 is 21.9 Å². The van der Waals surface area contributed by atoms with E-state index in [1.807, 2.05) is 13.8 Å². The predicted molar refractivity (Wildman–Crippen MR) is 65.8 cm³/mol. The summed E-state index contributed by atoms with van der Waals surface area (Å²) in [4.78, 5) is 10.9. The number of carboxylic acids is 1. The third kappa shape index (κ3) is 2.13. The van der Waals surface area contributed by atoms with E-state index in [2.05, 4.69) is 0 Å². The van der Waals surface area contributed by atoms with Crippen molar-refractivity contribution in [3.8, 4) is 0 Å². The Kier molecular flexibility index (Phi) is 3.16. The van der Waals surface area contributed by atoms with Gasteiger partial charge in [0, 0.05) is 13.1 Å². The Morgan fingerprint density at radius 1 is 1.28 bits per heavy atom. The molecule has 6 heteroatoms. The Labute approximate surface area is 106 Å². The Bertz CT molecular complexity index is 588. The molecule has 0 aromatic heterocycles. The van der Waals surface area contributed by atoms with Gasteiger partial charge in [0.05, 0.1) is 10.8 Å². The monoisotopic (exact) mass is 269 g/mol. The molecule has 0 unspecified atom stereocenters. The van der Waals surface area contributed by atoms with Crippen molar-refractivity contribution >= 4 is 16.0 Å². The number of aryl methyl sites for hydroxylation is 2. The molecular formula is C12H15NO4S. The molecule has 5 nitrogen and oxygen atoms in total. The van der Waals surface area contributed by atoms with Gasteiger partial charge in [0.2, 0.25) is 10.0 Å². The zero-order valence-electron chi connectivity index (χ0n) is 10.3. The second-order valence-corrected chi connectivity index (χ2v) is 6.54. The van der Waals surface area contributed by atoms with Crippen LogP contribution in [0.3, 0.4) is 0 Å². The summed E-state index contributed by atoms with van der Waals surface area (Å²) in [5.41, 5.74) is 1.94. The second-order valence-electron chi connectivity index (χ2n) is 4.60. The van der Waals surface area contributed by atoms with Crippen LogP contribution in [0.15, 0.2) is 23.1 Å². The largest absolute Gasteiger partial charge is 0.481 e. The minimum absolute atomic E-state index is 0.0601. The van der Waals surface area contributed by atoms with E-state index in [0.717, 1.165) is 11.1 Å². The fourth-order valence-corrected chi connectivity index (χ4v) is 3.43. The summed E-state index contributed by atoms with van der Waals surface area (Å²) < 4.78 is 25.6. The molecule has 2 rings (SSSR count). The first-order valence-corrected chi connectivity index (χ1v) is 7.06. The highest BCUT2D eigenvalue weighted by atomic mass is 32.2. The molecule has 0 atom stereocenters. The number of nitrogens with zero attached hydrogens (tertiary/aromatic N) is 1. The van der Waals surface area contributed by atoms with Crippen LogP contribution in [0.2, 0.25) is 0 Å². The molecule has 1 saturated heterocycles. The summed E-state index contributed by atoms with van der Waals surface area (Å²) in [5, 5.41) is 8.75. The quantitative estimate of drug-likeness (QED) is 0.888. The normalized spacial score (nSPS) is 17.4. The number of sulfonamides is 1. The summed E-state index contributed by atoms with van der Waals surface area (Å²) in [6, 6.07) is 4.95. The van der Waals surface area contributed by atoms with Crippen LogP contribution < -0.4 is 0 Å². The first-order valence-electron chi connectivity index (χ1n) is 5.62. The molecule has 1 N–H and O–H groups in total. The van der Waals surface area contributed by atoms with Gasteiger partial charge in [-0.2, -0.15) is 4.31 Å². The fourth-order valence-electron chi connectivity index (χ4n) is 1.81. The average molecular weight is 269 g/mol. The lowest BCUT2D eigenvalue weighted by Gasteiger charge is -2.35. The molecule has 0 spiro atoms. The number of carbonyl (C=O) groups is 1. The zero-order valence-corrected chi connectivity index (χ0v) is 11.1. The second kappa shape index (κ2) is 4.37. The summed E-state index contributed by atoms with van der Waals surface area (Å²) in [6.45, 7) is 3.88. The Morgan fingerprint density at radius 2 is 1.89 bits per heavy atom. The number of carboxylic acid groups (broad SMARTS) is 1. The molecule has 0 saturated carbocycles. The van der Waals surface area contributed by atoms with Crippen molar-refractivity contribution in [2.24, 2.45) is 5.92 Å². The van der Waals surface area contributed by atoms with Gasteiger partial charge < -0.3 is 5.11 Å². The van der Waals surface area contributed by atoms with Crippen LogP contribution in [-0.2, 0) is 14.8 Å². The van der Waals surface area contributed by atoms with E-state index in [0.29, 0.717) is 0 Å². The highest BCUT2D eigenvalue weighted by Crippen LogP contribution is 2.26. The van der Waals surface area contributed by atoms with Gasteiger partial charge in [0.15, 0.2) is 0 Å². The molecule has 1 fully saturated rings. The van der Waals surface area contributed by atoms with Crippen LogP contribution in [0.1, 0.15) is 11.1 Å². The lowest BCUT2D eigenvalue weighted by atomic mass is 10.0. The Hall–Kier alpha value is -1.40. The first kappa shape index (κ1) is 13.0. The average Bonchev–Trinajstić information content (AvgIpc) is 2.18. The maximum atomic E-state index is 12.2. The van der Waals surface area contributed by atoms with Gasteiger partial charge in [-0.1, -0.05) is 6.07 Å². The van der Waals surface area contributed by atoms with Gasteiger partial charge in [0.1, 0.15) is 0 Å². The molecule has 0 radical (unpaired) electrons. The van der Waals surface area contributed by atoms with Crippen LogP contribution in [0, 0.1) is 19.8 Å². The van der Waals surface area contributed by atoms with Gasteiger partial charge in [-0.3, -0.25) is 4.79 Å². The van der Waals surface area contributed by atoms with Crippen LogP contribution in [0.4, 0.5) is 0 Å². The van der Waals surface area contributed by atoms with Crippen molar-refractivity contribution in [1.29, 1.82) is 0 Å². The van der Waals surface area contributed by atoms with Gasteiger partial charge in [-0.15, -0.1) is 0 Å². The predicted octanol–water partition coefficient (Wildman–Crippen LogP) is 1.01. The van der Waals surface area contributed by atoms with Crippen molar-refractivity contribution in [3.63, 3.8) is 0 Å². The van der Waals surface area contributed by atoms with Crippen molar-refractivity contribution in [2.75, 3.05) is 13.1 Å². The van der Waals surface area contributed by atoms with Gasteiger partial charge in [-0.05, 0) is 37.1 Å². The molecular weight excluding hydrogens is 254 g/mol. The molecule has 18 heavy (non-hydrogen) atoms. The Morgan fingerprint density at radius 3 is 2.39 bits per heavy atom. The van der Waals surface area contributed by atoms with Crippen LogP contribution in [0.5, 0.6) is 0 Å². The number of rotatable bonds is 3. The van der Waals surface area contributed by atoms with Gasteiger partial charge in [0.25, 0.3) is 0 Å². The summed E-state index contributed by atoms with van der Waals surface area (Å²) in [5.74, 6) is -1.52. The summed E-state index contributed by atoms with van der Waals surface area (Å²) >= 11 is 0. The lowest BCUT2D eigenvalue weighted by Crippen LogP contribution is -2.52. The van der Waals surface area contributed by atoms with E-state index in [1.54, 1.807) is 18.2 Å². The zero-order chi connectivity index (χ0) is 13.5. The maximum absolute atomic E-state index is 12.2. The fraction of sp³-hybridized carbons (Fsp3) is 0.417. The standard InChI is InChI=1S/C12H15NO4S/c1-8-3-4-11(5-9(8)2)18(16,17)13-6-10(7-13)12(14)15/h3-5,10H,6-7H2,1-2H3,(H,14,15). The van der Waals surface area contributed by atoms with E-state index in [4.69, 9.17) is 5.11 Å². The Balaban J connectivity index is 2.22. The van der Waals surface area contributed by atoms with Crippen molar-refractivity contribution in [2.45, 2.75) is 18.7 Å². The number of aliphatic carboxylic acids is 1. The molecule has 0 aliphatic carbocycles. The molecule has 0 bridgehead atoms. The SMILES string of the molecule is Cc1ccc(S(=O)(=O)N2CC(C(=O)O)C2)cc1C. The molecule has 1 aromatic carbocycles. The highest BCUT2D eigenvalue weighted by molar-refractivity contribution is 7.89. The van der Waals surface area contributed by atoms with E-state index >= 15 is 0 Å². The molecule has 0 amide bonds. The van der Waals surface area contributed by atoms with E-state index in [9.17, 15) is 13.2 Å². The third-order valence-corrected chi connectivity index (χ3v) is 5.14. The number of benzene rings is 1. The van der Waals surface area contributed by atoms with Gasteiger partial charge in [-0.25, -0.2) is 8.42 Å². The smallest absolute Gasteiger partial charge is 0.309 e. The van der Waals surface area contributed by atoms with E-state index in [-0.39, 0.29) is 18.0 Å². The lowest BCUT2D eigenvalue weighted by molar-refractivity contribution is -0.145. The molecule has 1 aromatic rings. The van der Waals surface area contributed by atoms with Crippen LogP contribution in [-0.4, -0.2) is 36.9 Å². The first-order chi connectivity index (χ1) is 8.32. The molecule has 98 valence electrons. The van der Waals surface area contributed by atoms with Gasteiger partial charge >= 0.3 is 5.97 Å². The number of hydrogen-bond acceptors (Lipinski definition) is 3. The summed E-state index contributed by atoms with van der Waals surface area (Å²) in [6.07, 6.45) is 0. The minimum atomic E-state index is -3.54. The molecule has 1 aliphatic heterocycles. The minimum Gasteiger partial charge on any atom is -0.481 e. The van der Waals surface area contributed by atoms with Crippen molar-refractivity contribution < 1.29 is 18.3 Å². The van der Waals surface area contributed by atoms with Crippen molar-refractivity contribution in [1.82, 2.24) is 4.31 Å². The van der Waals surface area contributed by atoms with Crippen molar-refractivity contribution in [3.05, 3.63) is 29.3 Å². The number of hydrogen-bond donors (Lipinski definition) is 1. The third-order valence-electron chi connectivity index (χ3n) is 3.31. The van der Waals surface area contributed by atoms with Crippen LogP contribution >= 0.6 is 0 Å². The maximum Gasteiger partial charge on any atom is 0.309 e.